The van der Waals surface area contributed by atoms with Crippen LogP contribution in [0.2, 0.25) is 0 Å². The molecule has 1 fully saturated rings. The Morgan fingerprint density at radius 3 is 2.27 bits per heavy atom. The molecule has 1 saturated heterocycles. The van der Waals surface area contributed by atoms with Gasteiger partial charge >= 0.3 is 0 Å². The fourth-order valence-electron chi connectivity index (χ4n) is 3.34. The fraction of sp³-hybridized carbons (Fsp3) is 1.00. The highest BCUT2D eigenvalue weighted by Gasteiger charge is 2.47. The number of likely N-dealkylation sites (tertiary alicyclic amines) is 1. The topological polar surface area (TPSA) is 26.7 Å². The van der Waals surface area contributed by atoms with Crippen LogP contribution in [0, 0.1) is 10.8 Å². The first kappa shape index (κ1) is 12.9. The summed E-state index contributed by atoms with van der Waals surface area (Å²) in [5.41, 5.74) is -0.0439. The average molecular weight is 214 g/mol. The molecule has 2 unspecified atom stereocenters. The highest BCUT2D eigenvalue weighted by atomic mass is 16.3. The second-order valence-electron chi connectivity index (χ2n) is 6.46. The van der Waals surface area contributed by atoms with E-state index in [2.05, 4.69) is 51.7 Å². The first-order chi connectivity index (χ1) is 6.67. The van der Waals surface area contributed by atoms with E-state index in [0.29, 0.717) is 0 Å². The van der Waals surface area contributed by atoms with E-state index in [1.807, 2.05) is 0 Å². The number of aliphatic hydroxyl groups is 1. The standard InChI is InChI=1S/C12H26N2O/c1-11(2)7-14(6)9-12(3,10(11)15)8-13(4)5/h10,15H,7-9H2,1-6H3. The lowest BCUT2D eigenvalue weighted by molar-refractivity contribution is -0.116. The van der Waals surface area contributed by atoms with Crippen molar-refractivity contribution in [2.45, 2.75) is 26.9 Å². The Bertz CT molecular complexity index is 224. The molecule has 0 aromatic carbocycles. The molecule has 0 aliphatic carbocycles. The van der Waals surface area contributed by atoms with Gasteiger partial charge in [0.1, 0.15) is 0 Å². The molecule has 0 amide bonds. The zero-order chi connectivity index (χ0) is 11.9. The lowest BCUT2D eigenvalue weighted by Gasteiger charge is -2.52. The van der Waals surface area contributed by atoms with Gasteiger partial charge in [-0.1, -0.05) is 20.8 Å². The van der Waals surface area contributed by atoms with Crippen LogP contribution in [-0.2, 0) is 0 Å². The van der Waals surface area contributed by atoms with Gasteiger partial charge in [0.15, 0.2) is 0 Å². The van der Waals surface area contributed by atoms with E-state index >= 15 is 0 Å². The van der Waals surface area contributed by atoms with E-state index < -0.39 is 0 Å². The molecule has 15 heavy (non-hydrogen) atoms. The summed E-state index contributed by atoms with van der Waals surface area (Å²) in [4.78, 5) is 4.49. The molecule has 1 heterocycles. The summed E-state index contributed by atoms with van der Waals surface area (Å²) in [7, 11) is 6.28. The second-order valence-corrected chi connectivity index (χ2v) is 6.46. The molecular formula is C12H26N2O. The Morgan fingerprint density at radius 2 is 1.80 bits per heavy atom. The Kier molecular flexibility index (Phi) is 3.49. The Hall–Kier alpha value is -0.120. The van der Waals surface area contributed by atoms with Crippen molar-refractivity contribution >= 4 is 0 Å². The third kappa shape index (κ3) is 2.71. The minimum atomic E-state index is -0.233. The van der Waals surface area contributed by atoms with Crippen molar-refractivity contribution in [3.05, 3.63) is 0 Å². The van der Waals surface area contributed by atoms with Crippen molar-refractivity contribution in [2.24, 2.45) is 10.8 Å². The minimum absolute atomic E-state index is 0.0161. The van der Waals surface area contributed by atoms with Crippen LogP contribution < -0.4 is 0 Å². The van der Waals surface area contributed by atoms with E-state index in [1.165, 1.54) is 0 Å². The van der Waals surface area contributed by atoms with Crippen molar-refractivity contribution in [2.75, 3.05) is 40.8 Å². The Morgan fingerprint density at radius 1 is 1.27 bits per heavy atom. The Balaban J connectivity index is 2.86. The SMILES string of the molecule is CN(C)CC1(C)CN(C)CC(C)(C)C1O. The fourth-order valence-corrected chi connectivity index (χ4v) is 3.34. The van der Waals surface area contributed by atoms with E-state index in [4.69, 9.17) is 0 Å². The Labute approximate surface area is 94.1 Å². The zero-order valence-corrected chi connectivity index (χ0v) is 11.0. The van der Waals surface area contributed by atoms with Crippen LogP contribution in [0.15, 0.2) is 0 Å². The molecule has 2 atom stereocenters. The number of nitrogens with zero attached hydrogens (tertiary/aromatic N) is 2. The van der Waals surface area contributed by atoms with Crippen LogP contribution in [0.25, 0.3) is 0 Å². The summed E-state index contributed by atoms with van der Waals surface area (Å²) in [6.45, 7) is 9.37. The van der Waals surface area contributed by atoms with E-state index in [0.717, 1.165) is 19.6 Å². The van der Waals surface area contributed by atoms with E-state index in [1.54, 1.807) is 0 Å². The molecule has 0 radical (unpaired) electrons. The molecule has 0 spiro atoms. The lowest BCUT2D eigenvalue weighted by Crippen LogP contribution is -2.61. The number of hydrogen-bond donors (Lipinski definition) is 1. The van der Waals surface area contributed by atoms with Crippen LogP contribution in [-0.4, -0.2) is 61.8 Å². The second kappa shape index (κ2) is 4.04. The van der Waals surface area contributed by atoms with Gasteiger partial charge < -0.3 is 14.9 Å². The van der Waals surface area contributed by atoms with Gasteiger partial charge in [-0.05, 0) is 21.1 Å². The van der Waals surface area contributed by atoms with E-state index in [9.17, 15) is 5.11 Å². The zero-order valence-electron chi connectivity index (χ0n) is 11.0. The monoisotopic (exact) mass is 214 g/mol. The molecule has 1 rings (SSSR count). The van der Waals surface area contributed by atoms with Gasteiger partial charge in [0.05, 0.1) is 6.10 Å². The van der Waals surface area contributed by atoms with Gasteiger partial charge in [0.2, 0.25) is 0 Å². The average Bonchev–Trinajstić information content (AvgIpc) is 1.97. The first-order valence-electron chi connectivity index (χ1n) is 5.69. The summed E-state index contributed by atoms with van der Waals surface area (Å²) in [5, 5.41) is 10.5. The maximum Gasteiger partial charge on any atom is 0.0681 e. The van der Waals surface area contributed by atoms with Crippen LogP contribution in [0.5, 0.6) is 0 Å². The smallest absolute Gasteiger partial charge is 0.0681 e. The summed E-state index contributed by atoms with van der Waals surface area (Å²) in [6, 6.07) is 0. The van der Waals surface area contributed by atoms with Crippen LogP contribution in [0.4, 0.5) is 0 Å². The highest BCUT2D eigenvalue weighted by Crippen LogP contribution is 2.40. The molecule has 1 N–H and O–H groups in total. The first-order valence-corrected chi connectivity index (χ1v) is 5.69. The van der Waals surface area contributed by atoms with Gasteiger partial charge in [-0.25, -0.2) is 0 Å². The van der Waals surface area contributed by atoms with E-state index in [-0.39, 0.29) is 16.9 Å². The highest BCUT2D eigenvalue weighted by molar-refractivity contribution is 4.99. The predicted molar refractivity (Wildman–Crippen MR) is 63.9 cm³/mol. The normalized spacial score (nSPS) is 37.2. The largest absolute Gasteiger partial charge is 0.392 e. The molecule has 1 aliphatic rings. The number of rotatable bonds is 2. The molecule has 1 aliphatic heterocycles. The number of piperidine rings is 1. The summed E-state index contributed by atoms with van der Waals surface area (Å²) >= 11 is 0. The van der Waals surface area contributed by atoms with Crippen molar-refractivity contribution < 1.29 is 5.11 Å². The minimum Gasteiger partial charge on any atom is -0.392 e. The van der Waals surface area contributed by atoms with Crippen LogP contribution >= 0.6 is 0 Å². The van der Waals surface area contributed by atoms with Crippen molar-refractivity contribution in [3.8, 4) is 0 Å². The molecule has 0 aromatic rings. The number of hydrogen-bond acceptors (Lipinski definition) is 3. The summed E-state index contributed by atoms with van der Waals surface area (Å²) in [5.74, 6) is 0. The van der Waals surface area contributed by atoms with Crippen molar-refractivity contribution in [1.82, 2.24) is 9.80 Å². The van der Waals surface area contributed by atoms with Gasteiger partial charge in [-0.15, -0.1) is 0 Å². The van der Waals surface area contributed by atoms with Gasteiger partial charge in [-0.2, -0.15) is 0 Å². The molecule has 0 aromatic heterocycles. The van der Waals surface area contributed by atoms with Crippen LogP contribution in [0.1, 0.15) is 20.8 Å². The molecule has 3 nitrogen and oxygen atoms in total. The maximum atomic E-state index is 10.5. The number of aliphatic hydroxyl groups excluding tert-OH is 1. The van der Waals surface area contributed by atoms with Crippen molar-refractivity contribution in [1.29, 1.82) is 0 Å². The third-order valence-electron chi connectivity index (χ3n) is 3.39. The lowest BCUT2D eigenvalue weighted by atomic mass is 9.67. The summed E-state index contributed by atoms with van der Waals surface area (Å²) < 4.78 is 0. The molecule has 3 heteroatoms. The molecule has 90 valence electrons. The van der Waals surface area contributed by atoms with Crippen molar-refractivity contribution in [3.63, 3.8) is 0 Å². The summed E-state index contributed by atoms with van der Waals surface area (Å²) in [6.07, 6.45) is -0.233. The molecule has 0 saturated carbocycles. The predicted octanol–water partition coefficient (Wildman–Crippen LogP) is 0.887. The van der Waals surface area contributed by atoms with Crippen LogP contribution in [0.3, 0.4) is 0 Å². The maximum absolute atomic E-state index is 10.5. The van der Waals surface area contributed by atoms with Gasteiger partial charge in [0.25, 0.3) is 0 Å². The van der Waals surface area contributed by atoms with Gasteiger partial charge in [-0.3, -0.25) is 0 Å². The van der Waals surface area contributed by atoms with Gasteiger partial charge in [0, 0.05) is 30.5 Å². The molecule has 0 bridgehead atoms. The third-order valence-corrected chi connectivity index (χ3v) is 3.39. The quantitative estimate of drug-likeness (QED) is 0.739. The molecular weight excluding hydrogens is 188 g/mol.